The number of benzene rings is 4. The average molecular weight is 465 g/mol. The number of hydrogen-bond acceptors (Lipinski definition) is 4. The first-order chi connectivity index (χ1) is 17.0. The van der Waals surface area contributed by atoms with E-state index in [1.807, 2.05) is 62.4 Å². The summed E-state index contributed by atoms with van der Waals surface area (Å²) in [6, 6.07) is 28.8. The van der Waals surface area contributed by atoms with E-state index < -0.39 is 0 Å². The molecule has 0 saturated heterocycles. The number of hydrazone groups is 1. The summed E-state index contributed by atoms with van der Waals surface area (Å²) >= 11 is 0. The highest BCUT2D eigenvalue weighted by atomic mass is 16.5. The van der Waals surface area contributed by atoms with Gasteiger partial charge in [-0.25, -0.2) is 5.43 Å². The van der Waals surface area contributed by atoms with E-state index >= 15 is 0 Å². The molecule has 4 aromatic rings. The molecule has 0 radical (unpaired) electrons. The van der Waals surface area contributed by atoms with Gasteiger partial charge in [-0.15, -0.1) is 0 Å². The summed E-state index contributed by atoms with van der Waals surface area (Å²) in [7, 11) is 0. The van der Waals surface area contributed by atoms with Crippen molar-refractivity contribution in [1.82, 2.24) is 5.43 Å². The molecule has 4 rings (SSSR count). The molecule has 35 heavy (non-hydrogen) atoms. The highest BCUT2D eigenvalue weighted by molar-refractivity contribution is 5.95. The van der Waals surface area contributed by atoms with Crippen LogP contribution in [0.15, 0.2) is 96.1 Å². The maximum atomic E-state index is 12.5. The molecular formula is C30H28N2O3. The molecule has 0 fully saturated rings. The van der Waals surface area contributed by atoms with Crippen molar-refractivity contribution < 1.29 is 14.3 Å². The van der Waals surface area contributed by atoms with Crippen molar-refractivity contribution in [2.75, 3.05) is 0 Å². The van der Waals surface area contributed by atoms with Crippen LogP contribution in [-0.2, 0) is 6.61 Å². The lowest BCUT2D eigenvalue weighted by Gasteiger charge is -2.10. The summed E-state index contributed by atoms with van der Waals surface area (Å²) < 4.78 is 11.9. The summed E-state index contributed by atoms with van der Waals surface area (Å²) in [6.07, 6.45) is 1.58. The molecule has 176 valence electrons. The Morgan fingerprint density at radius 2 is 1.49 bits per heavy atom. The number of ether oxygens (including phenoxy) is 2. The Balaban J connectivity index is 1.35. The first-order valence-corrected chi connectivity index (χ1v) is 11.4. The van der Waals surface area contributed by atoms with Crippen LogP contribution in [0.1, 0.15) is 38.2 Å². The van der Waals surface area contributed by atoms with Gasteiger partial charge in [0, 0.05) is 11.1 Å². The molecule has 0 aliphatic carbocycles. The molecule has 0 aliphatic heterocycles. The molecule has 5 nitrogen and oxygen atoms in total. The van der Waals surface area contributed by atoms with Crippen molar-refractivity contribution in [3.63, 3.8) is 0 Å². The highest BCUT2D eigenvalue weighted by Crippen LogP contribution is 2.26. The van der Waals surface area contributed by atoms with Crippen LogP contribution in [0.4, 0.5) is 0 Å². The summed E-state index contributed by atoms with van der Waals surface area (Å²) in [5.74, 6) is 1.81. The molecule has 0 heterocycles. The monoisotopic (exact) mass is 464 g/mol. The first-order valence-electron chi connectivity index (χ1n) is 11.4. The molecular weight excluding hydrogens is 436 g/mol. The summed E-state index contributed by atoms with van der Waals surface area (Å²) in [5, 5.41) is 4.13. The Morgan fingerprint density at radius 1 is 0.800 bits per heavy atom. The number of para-hydroxylation sites is 1. The maximum Gasteiger partial charge on any atom is 0.271 e. The number of carbonyl (C=O) groups excluding carboxylic acids is 1. The summed E-state index contributed by atoms with van der Waals surface area (Å²) in [4.78, 5) is 12.5. The van der Waals surface area contributed by atoms with E-state index in [1.165, 1.54) is 5.56 Å². The minimum atomic E-state index is -0.306. The Labute approximate surface area is 206 Å². The second kappa shape index (κ2) is 11.2. The third-order valence-corrected chi connectivity index (χ3v) is 5.35. The van der Waals surface area contributed by atoms with Crippen LogP contribution < -0.4 is 14.9 Å². The van der Waals surface area contributed by atoms with Gasteiger partial charge in [-0.1, -0.05) is 48.0 Å². The molecule has 0 saturated carbocycles. The van der Waals surface area contributed by atoms with Gasteiger partial charge in [-0.3, -0.25) is 4.79 Å². The summed E-state index contributed by atoms with van der Waals surface area (Å²) in [5.41, 5.74) is 8.38. The Morgan fingerprint density at radius 3 is 2.20 bits per heavy atom. The van der Waals surface area contributed by atoms with E-state index in [0.29, 0.717) is 23.7 Å². The quantitative estimate of drug-likeness (QED) is 0.232. The highest BCUT2D eigenvalue weighted by Gasteiger charge is 2.07. The van der Waals surface area contributed by atoms with Crippen molar-refractivity contribution >= 4 is 12.1 Å². The van der Waals surface area contributed by atoms with Crippen LogP contribution in [-0.4, -0.2) is 12.1 Å². The minimum absolute atomic E-state index is 0.306. The normalized spacial score (nSPS) is 10.8. The van der Waals surface area contributed by atoms with Gasteiger partial charge in [0.05, 0.1) is 6.21 Å². The Bertz CT molecular complexity index is 1310. The molecule has 0 unspecified atom stereocenters. The lowest BCUT2D eigenvalue weighted by atomic mass is 10.1. The smallest absolute Gasteiger partial charge is 0.271 e. The minimum Gasteiger partial charge on any atom is -0.489 e. The molecule has 1 amide bonds. The van der Waals surface area contributed by atoms with Crippen molar-refractivity contribution in [2.24, 2.45) is 5.10 Å². The topological polar surface area (TPSA) is 59.9 Å². The van der Waals surface area contributed by atoms with Crippen LogP contribution in [0.3, 0.4) is 0 Å². The van der Waals surface area contributed by atoms with E-state index in [0.717, 1.165) is 28.0 Å². The van der Waals surface area contributed by atoms with Crippen LogP contribution in [0.25, 0.3) is 0 Å². The van der Waals surface area contributed by atoms with Gasteiger partial charge in [0.25, 0.3) is 5.91 Å². The molecule has 0 bridgehead atoms. The third kappa shape index (κ3) is 6.81. The fraction of sp³-hybridized carbons (Fsp3) is 0.133. The third-order valence-electron chi connectivity index (χ3n) is 5.35. The first kappa shape index (κ1) is 23.8. The van der Waals surface area contributed by atoms with E-state index in [-0.39, 0.29) is 5.91 Å². The SMILES string of the molecule is Cc1ccc(COc2ccc(C(=O)N/N=C/c3ccccc3Oc3cc(C)cc(C)c3)cc2)cc1. The van der Waals surface area contributed by atoms with E-state index in [2.05, 4.69) is 35.7 Å². The maximum absolute atomic E-state index is 12.5. The number of carbonyl (C=O) groups is 1. The molecule has 0 aliphatic rings. The van der Waals surface area contributed by atoms with Crippen LogP contribution in [0, 0.1) is 20.8 Å². The average Bonchev–Trinajstić information content (AvgIpc) is 2.84. The molecule has 0 aromatic heterocycles. The Hall–Kier alpha value is -4.38. The fourth-order valence-electron chi connectivity index (χ4n) is 3.58. The van der Waals surface area contributed by atoms with Crippen LogP contribution >= 0.6 is 0 Å². The number of aryl methyl sites for hydroxylation is 3. The van der Waals surface area contributed by atoms with Gasteiger partial charge in [-0.05, 0) is 86.0 Å². The van der Waals surface area contributed by atoms with Crippen molar-refractivity contribution in [1.29, 1.82) is 0 Å². The second-order valence-corrected chi connectivity index (χ2v) is 8.46. The van der Waals surface area contributed by atoms with Gasteiger partial charge < -0.3 is 9.47 Å². The van der Waals surface area contributed by atoms with Crippen molar-refractivity contribution in [2.45, 2.75) is 27.4 Å². The number of amides is 1. The largest absolute Gasteiger partial charge is 0.489 e. The van der Waals surface area contributed by atoms with Gasteiger partial charge >= 0.3 is 0 Å². The number of nitrogens with zero attached hydrogens (tertiary/aromatic N) is 1. The van der Waals surface area contributed by atoms with Gasteiger partial charge in [-0.2, -0.15) is 5.10 Å². The number of hydrogen-bond donors (Lipinski definition) is 1. The zero-order valence-corrected chi connectivity index (χ0v) is 20.1. The zero-order chi connectivity index (χ0) is 24.6. The van der Waals surface area contributed by atoms with Crippen LogP contribution in [0.2, 0.25) is 0 Å². The van der Waals surface area contributed by atoms with Gasteiger partial charge in [0.15, 0.2) is 0 Å². The Kier molecular flexibility index (Phi) is 7.58. The predicted octanol–water partition coefficient (Wildman–Crippen LogP) is 6.75. The fourth-order valence-corrected chi connectivity index (χ4v) is 3.58. The lowest BCUT2D eigenvalue weighted by molar-refractivity contribution is 0.0955. The van der Waals surface area contributed by atoms with Crippen molar-refractivity contribution in [3.8, 4) is 17.2 Å². The molecule has 1 N–H and O–H groups in total. The van der Waals surface area contributed by atoms with E-state index in [9.17, 15) is 4.79 Å². The molecule has 5 heteroatoms. The molecule has 0 spiro atoms. The number of nitrogens with one attached hydrogen (secondary N) is 1. The van der Waals surface area contributed by atoms with E-state index in [4.69, 9.17) is 9.47 Å². The summed E-state index contributed by atoms with van der Waals surface area (Å²) in [6.45, 7) is 6.59. The standard InChI is InChI=1S/C30H28N2O3/c1-21-8-10-24(11-9-21)20-34-27-14-12-25(13-15-27)30(33)32-31-19-26-6-4-5-7-29(26)35-28-17-22(2)16-23(3)18-28/h4-19H,20H2,1-3H3,(H,32,33)/b31-19+. The van der Waals surface area contributed by atoms with Gasteiger partial charge in [0.2, 0.25) is 0 Å². The van der Waals surface area contributed by atoms with E-state index in [1.54, 1.807) is 30.5 Å². The lowest BCUT2D eigenvalue weighted by Crippen LogP contribution is -2.17. The second-order valence-electron chi connectivity index (χ2n) is 8.46. The van der Waals surface area contributed by atoms with Crippen molar-refractivity contribution in [3.05, 3.63) is 124 Å². The predicted molar refractivity (Wildman–Crippen MR) is 139 cm³/mol. The number of rotatable bonds is 8. The van der Waals surface area contributed by atoms with Gasteiger partial charge in [0.1, 0.15) is 23.9 Å². The molecule has 4 aromatic carbocycles. The zero-order valence-electron chi connectivity index (χ0n) is 20.1. The van der Waals surface area contributed by atoms with Crippen LogP contribution in [0.5, 0.6) is 17.2 Å². The molecule has 0 atom stereocenters.